The Morgan fingerprint density at radius 3 is 2.65 bits per heavy atom. The van der Waals surface area contributed by atoms with E-state index in [2.05, 4.69) is 20.8 Å². The van der Waals surface area contributed by atoms with Crippen molar-refractivity contribution in [3.05, 3.63) is 54.2 Å². The summed E-state index contributed by atoms with van der Waals surface area (Å²) in [7, 11) is 0. The fraction of sp³-hybridized carbons (Fsp3) is 0.200. The summed E-state index contributed by atoms with van der Waals surface area (Å²) in [6.07, 6.45) is 0. The van der Waals surface area contributed by atoms with Crippen molar-refractivity contribution in [3.63, 3.8) is 0 Å². The maximum Gasteiger partial charge on any atom is 0.316 e. The Balaban J connectivity index is 1.20. The molecule has 0 spiro atoms. The van der Waals surface area contributed by atoms with E-state index in [-0.39, 0.29) is 44.1 Å². The van der Waals surface area contributed by atoms with Crippen LogP contribution in [0.4, 0.5) is 4.39 Å². The summed E-state index contributed by atoms with van der Waals surface area (Å²) in [6.45, 7) is 0.221. The van der Waals surface area contributed by atoms with Crippen LogP contribution in [-0.2, 0) is 4.79 Å². The maximum absolute atomic E-state index is 12.8. The summed E-state index contributed by atoms with van der Waals surface area (Å²) < 4.78 is 33.6. The Bertz CT molecular complexity index is 1090. The van der Waals surface area contributed by atoms with Crippen LogP contribution in [0.2, 0.25) is 0 Å². The fourth-order valence-corrected chi connectivity index (χ4v) is 2.65. The number of hydrogen-bond donors (Lipinski definition) is 2. The molecule has 0 atom stereocenters. The van der Waals surface area contributed by atoms with Crippen molar-refractivity contribution in [1.82, 2.24) is 20.8 Å². The normalized spacial score (nSPS) is 11.8. The van der Waals surface area contributed by atoms with Crippen molar-refractivity contribution in [3.8, 4) is 28.6 Å². The van der Waals surface area contributed by atoms with Crippen LogP contribution in [0.15, 0.2) is 47.0 Å². The zero-order valence-electron chi connectivity index (χ0n) is 16.1. The minimum Gasteiger partial charge on any atom is -0.484 e. The number of hydrogen-bond acceptors (Lipinski definition) is 8. The molecule has 4 rings (SSSR count). The van der Waals surface area contributed by atoms with Crippen LogP contribution in [0.3, 0.4) is 0 Å². The Labute approximate surface area is 175 Å². The smallest absolute Gasteiger partial charge is 0.316 e. The lowest BCUT2D eigenvalue weighted by molar-refractivity contribution is -0.123. The molecule has 0 radical (unpaired) electrons. The van der Waals surface area contributed by atoms with Crippen molar-refractivity contribution < 1.29 is 32.7 Å². The molecular formula is C20H17FN4O6. The molecule has 2 heterocycles. The minimum absolute atomic E-state index is 0.142. The highest BCUT2D eigenvalue weighted by molar-refractivity contribution is 5.90. The lowest BCUT2D eigenvalue weighted by atomic mass is 10.2. The van der Waals surface area contributed by atoms with Crippen molar-refractivity contribution in [2.45, 2.75) is 0 Å². The van der Waals surface area contributed by atoms with Gasteiger partial charge in [0.05, 0.1) is 0 Å². The lowest BCUT2D eigenvalue weighted by Gasteiger charge is -2.07. The summed E-state index contributed by atoms with van der Waals surface area (Å²) >= 11 is 0. The van der Waals surface area contributed by atoms with Gasteiger partial charge in [0, 0.05) is 18.7 Å². The zero-order chi connectivity index (χ0) is 21.6. The van der Waals surface area contributed by atoms with Crippen LogP contribution in [0.25, 0.3) is 11.4 Å². The summed E-state index contributed by atoms with van der Waals surface area (Å²) in [4.78, 5) is 28.0. The van der Waals surface area contributed by atoms with Crippen LogP contribution in [0.1, 0.15) is 10.7 Å². The predicted molar refractivity (Wildman–Crippen MR) is 103 cm³/mol. The predicted octanol–water partition coefficient (Wildman–Crippen LogP) is 1.53. The highest BCUT2D eigenvalue weighted by atomic mass is 19.1. The molecule has 1 aliphatic rings. The highest BCUT2D eigenvalue weighted by Gasteiger charge is 2.19. The molecule has 160 valence electrons. The van der Waals surface area contributed by atoms with Gasteiger partial charge in [-0.05, 0) is 42.5 Å². The van der Waals surface area contributed by atoms with Gasteiger partial charge < -0.3 is 29.4 Å². The number of amides is 2. The molecule has 2 amide bonds. The number of nitrogens with zero attached hydrogens (tertiary/aromatic N) is 2. The second-order valence-electron chi connectivity index (χ2n) is 6.34. The molecule has 2 N–H and O–H groups in total. The number of rotatable bonds is 8. The summed E-state index contributed by atoms with van der Waals surface area (Å²) in [5, 5.41) is 8.94. The molecule has 0 unspecified atom stereocenters. The van der Waals surface area contributed by atoms with E-state index < -0.39 is 11.7 Å². The Morgan fingerprint density at radius 1 is 1.03 bits per heavy atom. The molecule has 0 fully saturated rings. The van der Waals surface area contributed by atoms with Crippen molar-refractivity contribution in [2.24, 2.45) is 0 Å². The van der Waals surface area contributed by atoms with Gasteiger partial charge >= 0.3 is 11.8 Å². The van der Waals surface area contributed by atoms with Gasteiger partial charge in [-0.2, -0.15) is 4.98 Å². The largest absolute Gasteiger partial charge is 0.484 e. The Morgan fingerprint density at radius 2 is 1.81 bits per heavy atom. The first kappa shape index (κ1) is 20.1. The number of carbonyl (C=O) groups is 2. The first-order chi connectivity index (χ1) is 15.1. The van der Waals surface area contributed by atoms with Crippen LogP contribution < -0.4 is 24.8 Å². The van der Waals surface area contributed by atoms with Gasteiger partial charge in [0.25, 0.3) is 5.91 Å². The quantitative estimate of drug-likeness (QED) is 0.518. The van der Waals surface area contributed by atoms with Crippen molar-refractivity contribution in [2.75, 3.05) is 26.5 Å². The first-order valence-corrected chi connectivity index (χ1v) is 9.25. The highest BCUT2D eigenvalue weighted by Crippen LogP contribution is 2.35. The molecule has 1 aliphatic heterocycles. The number of fused-ring (bicyclic) bond motifs is 1. The summed E-state index contributed by atoms with van der Waals surface area (Å²) in [5.41, 5.74) is 0.612. The monoisotopic (exact) mass is 428 g/mol. The molecule has 11 heteroatoms. The van der Waals surface area contributed by atoms with Gasteiger partial charge in [-0.3, -0.25) is 9.59 Å². The average Bonchev–Trinajstić information content (AvgIpc) is 3.45. The molecule has 0 bridgehead atoms. The van der Waals surface area contributed by atoms with E-state index in [1.807, 2.05) is 0 Å². The third-order valence-corrected chi connectivity index (χ3v) is 4.17. The van der Waals surface area contributed by atoms with Gasteiger partial charge in [0.2, 0.25) is 12.6 Å². The van der Waals surface area contributed by atoms with E-state index in [1.54, 1.807) is 18.2 Å². The third-order valence-electron chi connectivity index (χ3n) is 4.17. The topological polar surface area (TPSA) is 125 Å². The molecule has 10 nitrogen and oxygen atoms in total. The number of nitrogens with one attached hydrogen (secondary N) is 2. The standard InChI is InChI=1S/C20H17FN4O6/c21-13-2-4-14(5-3-13)28-10-17(26)22-7-8-23-19(27)20-24-18(25-31-20)12-1-6-15-16(9-12)30-11-29-15/h1-6,9H,7-8,10-11H2,(H,22,26)(H,23,27). The van der Waals surface area contributed by atoms with Gasteiger partial charge in [0.15, 0.2) is 18.1 Å². The second kappa shape index (κ2) is 9.11. The molecule has 3 aromatic rings. The summed E-state index contributed by atoms with van der Waals surface area (Å²) in [6, 6.07) is 10.4. The molecule has 31 heavy (non-hydrogen) atoms. The van der Waals surface area contributed by atoms with Crippen LogP contribution >= 0.6 is 0 Å². The number of halogens is 1. The number of carbonyl (C=O) groups excluding carboxylic acids is 2. The maximum atomic E-state index is 12.8. The van der Waals surface area contributed by atoms with Gasteiger partial charge in [-0.25, -0.2) is 4.39 Å². The summed E-state index contributed by atoms with van der Waals surface area (Å²) in [5.74, 6) is 0.227. The molecule has 0 saturated carbocycles. The molecular weight excluding hydrogens is 411 g/mol. The number of benzene rings is 2. The third kappa shape index (κ3) is 5.07. The van der Waals surface area contributed by atoms with Crippen molar-refractivity contribution in [1.29, 1.82) is 0 Å². The minimum atomic E-state index is -0.573. The lowest BCUT2D eigenvalue weighted by Crippen LogP contribution is -2.36. The fourth-order valence-electron chi connectivity index (χ4n) is 2.65. The van der Waals surface area contributed by atoms with E-state index in [9.17, 15) is 14.0 Å². The second-order valence-corrected chi connectivity index (χ2v) is 6.34. The number of aromatic nitrogens is 2. The van der Waals surface area contributed by atoms with Gasteiger partial charge in [-0.15, -0.1) is 0 Å². The van der Waals surface area contributed by atoms with E-state index in [0.29, 0.717) is 22.8 Å². The zero-order valence-corrected chi connectivity index (χ0v) is 16.1. The van der Waals surface area contributed by atoms with E-state index in [1.165, 1.54) is 24.3 Å². The van der Waals surface area contributed by atoms with Crippen molar-refractivity contribution >= 4 is 11.8 Å². The molecule has 0 saturated heterocycles. The van der Waals surface area contributed by atoms with Gasteiger partial charge in [0.1, 0.15) is 11.6 Å². The average molecular weight is 428 g/mol. The Hall–Kier alpha value is -4.15. The SMILES string of the molecule is O=C(COc1ccc(F)cc1)NCCNC(=O)c1nc(-c2ccc3c(c2)OCO3)no1. The molecule has 1 aromatic heterocycles. The Kier molecular flexibility index (Phi) is 5.92. The van der Waals surface area contributed by atoms with E-state index >= 15 is 0 Å². The van der Waals surface area contributed by atoms with E-state index in [4.69, 9.17) is 18.7 Å². The van der Waals surface area contributed by atoms with Crippen LogP contribution in [-0.4, -0.2) is 48.4 Å². The number of ether oxygens (including phenoxy) is 3. The molecule has 2 aromatic carbocycles. The van der Waals surface area contributed by atoms with Crippen LogP contribution in [0, 0.1) is 5.82 Å². The first-order valence-electron chi connectivity index (χ1n) is 9.25. The van der Waals surface area contributed by atoms with Crippen LogP contribution in [0.5, 0.6) is 17.2 Å². The van der Waals surface area contributed by atoms with E-state index in [0.717, 1.165) is 0 Å². The molecule has 0 aliphatic carbocycles. The van der Waals surface area contributed by atoms with Gasteiger partial charge in [-0.1, -0.05) is 5.16 Å².